The number of methoxy groups -OCH3 is 1. The van der Waals surface area contributed by atoms with Crippen LogP contribution in [0.2, 0.25) is 0 Å². The molecule has 1 aromatic heterocycles. The summed E-state index contributed by atoms with van der Waals surface area (Å²) in [6.07, 6.45) is -4.41. The third kappa shape index (κ3) is 4.82. The quantitative estimate of drug-likeness (QED) is 0.859. The monoisotopic (exact) mass is 381 g/mol. The normalized spacial score (nSPS) is 17.7. The summed E-state index contributed by atoms with van der Waals surface area (Å²) in [5.41, 5.74) is -0.232. The number of aromatic nitrogens is 1. The molecule has 1 saturated heterocycles. The van der Waals surface area contributed by atoms with Crippen LogP contribution >= 0.6 is 0 Å². The van der Waals surface area contributed by atoms with Crippen molar-refractivity contribution in [3.8, 4) is 11.6 Å². The van der Waals surface area contributed by atoms with E-state index in [1.165, 1.54) is 13.2 Å². The van der Waals surface area contributed by atoms with Gasteiger partial charge in [-0.3, -0.25) is 0 Å². The van der Waals surface area contributed by atoms with Crippen molar-refractivity contribution in [2.24, 2.45) is 0 Å². The first-order valence-corrected chi connectivity index (χ1v) is 8.69. The molecule has 1 fully saturated rings. The van der Waals surface area contributed by atoms with Gasteiger partial charge < -0.3 is 19.7 Å². The molecule has 2 heterocycles. The van der Waals surface area contributed by atoms with Crippen molar-refractivity contribution >= 4 is 5.82 Å². The van der Waals surface area contributed by atoms with E-state index in [0.29, 0.717) is 17.5 Å². The highest BCUT2D eigenvalue weighted by molar-refractivity contribution is 5.42. The van der Waals surface area contributed by atoms with Crippen LogP contribution in [0.4, 0.5) is 19.0 Å². The lowest BCUT2D eigenvalue weighted by atomic mass is 10.1. The number of anilines is 1. The van der Waals surface area contributed by atoms with Gasteiger partial charge in [-0.25, -0.2) is 0 Å². The number of benzene rings is 1. The molecule has 1 aliphatic heterocycles. The molecule has 0 amide bonds. The second-order valence-corrected chi connectivity index (χ2v) is 6.45. The second kappa shape index (κ2) is 8.04. The smallest absolute Gasteiger partial charge is 0.416 e. The Bertz CT molecular complexity index is 783. The van der Waals surface area contributed by atoms with E-state index in [2.05, 4.69) is 22.1 Å². The molecule has 27 heavy (non-hydrogen) atoms. The van der Waals surface area contributed by atoms with Gasteiger partial charge in [0.05, 0.1) is 12.7 Å². The first kappa shape index (κ1) is 19.3. The van der Waals surface area contributed by atoms with E-state index in [-0.39, 0.29) is 12.4 Å². The Balaban J connectivity index is 1.71. The van der Waals surface area contributed by atoms with Gasteiger partial charge in [0.15, 0.2) is 0 Å². The molecule has 0 bridgehead atoms. The number of piperazine rings is 1. The zero-order chi connectivity index (χ0) is 19.4. The molecule has 1 aliphatic rings. The van der Waals surface area contributed by atoms with Crippen LogP contribution in [0.15, 0.2) is 36.4 Å². The minimum Gasteiger partial charge on any atom is -0.496 e. The Labute approximate surface area is 156 Å². The molecule has 0 unspecified atom stereocenters. The second-order valence-electron chi connectivity index (χ2n) is 6.45. The van der Waals surface area contributed by atoms with Gasteiger partial charge in [-0.2, -0.15) is 18.2 Å². The molecule has 8 heteroatoms. The summed E-state index contributed by atoms with van der Waals surface area (Å²) in [5.74, 6) is 1.37. The average Bonchev–Trinajstić information content (AvgIpc) is 2.65. The highest BCUT2D eigenvalue weighted by atomic mass is 19.4. The van der Waals surface area contributed by atoms with Gasteiger partial charge in [0.2, 0.25) is 5.88 Å². The third-order valence-corrected chi connectivity index (χ3v) is 4.39. The first-order valence-electron chi connectivity index (χ1n) is 8.69. The number of nitrogens with one attached hydrogen (secondary N) is 1. The van der Waals surface area contributed by atoms with E-state index in [4.69, 9.17) is 9.47 Å². The summed E-state index contributed by atoms with van der Waals surface area (Å²) >= 11 is 0. The van der Waals surface area contributed by atoms with Crippen LogP contribution in [0.25, 0.3) is 0 Å². The maximum absolute atomic E-state index is 12.8. The van der Waals surface area contributed by atoms with Crippen molar-refractivity contribution in [3.63, 3.8) is 0 Å². The highest BCUT2D eigenvalue weighted by Gasteiger charge is 2.31. The van der Waals surface area contributed by atoms with Crippen molar-refractivity contribution in [3.05, 3.63) is 47.5 Å². The molecule has 0 radical (unpaired) electrons. The van der Waals surface area contributed by atoms with Crippen LogP contribution in [0, 0.1) is 0 Å². The number of hydrogen-bond donors (Lipinski definition) is 1. The molecule has 5 nitrogen and oxygen atoms in total. The Kier molecular flexibility index (Phi) is 5.74. The summed E-state index contributed by atoms with van der Waals surface area (Å²) in [4.78, 5) is 6.69. The standard InChI is InChI=1S/C19H22F3N3O2/c1-13-11-25(9-8-23-13)17-4-3-5-18(24-17)27-12-14-6-7-15(19(20,21)22)10-16(14)26-2/h3-7,10,13,23H,8-9,11-12H2,1-2H3/t13-/m0/s1. The summed E-state index contributed by atoms with van der Waals surface area (Å²) in [6, 6.07) is 9.24. The molecule has 1 N–H and O–H groups in total. The van der Waals surface area contributed by atoms with Gasteiger partial charge >= 0.3 is 6.18 Å². The molecule has 1 aromatic carbocycles. The van der Waals surface area contributed by atoms with Crippen LogP contribution in [-0.2, 0) is 12.8 Å². The Morgan fingerprint density at radius 3 is 2.78 bits per heavy atom. The minimum atomic E-state index is -4.41. The zero-order valence-corrected chi connectivity index (χ0v) is 15.2. The fraction of sp³-hybridized carbons (Fsp3) is 0.421. The number of nitrogens with zero attached hydrogens (tertiary/aromatic N) is 2. The van der Waals surface area contributed by atoms with Gasteiger partial charge in [0.25, 0.3) is 0 Å². The van der Waals surface area contributed by atoms with Gasteiger partial charge in [0, 0.05) is 37.3 Å². The molecule has 0 aliphatic carbocycles. The van der Waals surface area contributed by atoms with E-state index >= 15 is 0 Å². The van der Waals surface area contributed by atoms with Crippen LogP contribution in [0.1, 0.15) is 18.1 Å². The zero-order valence-electron chi connectivity index (χ0n) is 15.2. The number of hydrogen-bond acceptors (Lipinski definition) is 5. The molecule has 146 valence electrons. The van der Waals surface area contributed by atoms with Crippen LogP contribution in [0.5, 0.6) is 11.6 Å². The number of rotatable bonds is 5. The Morgan fingerprint density at radius 2 is 2.07 bits per heavy atom. The van der Waals surface area contributed by atoms with Crippen molar-refractivity contribution in [2.75, 3.05) is 31.6 Å². The van der Waals surface area contributed by atoms with Crippen LogP contribution < -0.4 is 19.7 Å². The van der Waals surface area contributed by atoms with Crippen LogP contribution in [-0.4, -0.2) is 37.8 Å². The van der Waals surface area contributed by atoms with Crippen molar-refractivity contribution in [2.45, 2.75) is 25.7 Å². The van der Waals surface area contributed by atoms with E-state index in [9.17, 15) is 13.2 Å². The first-order chi connectivity index (χ1) is 12.9. The number of halogens is 3. The minimum absolute atomic E-state index is 0.0652. The average molecular weight is 381 g/mol. The van der Waals surface area contributed by atoms with E-state index < -0.39 is 11.7 Å². The SMILES string of the molecule is COc1cc(C(F)(F)F)ccc1COc1cccc(N2CCN[C@@H](C)C2)n1. The summed E-state index contributed by atoms with van der Waals surface area (Å²) in [7, 11) is 1.34. The topological polar surface area (TPSA) is 46.6 Å². The van der Waals surface area contributed by atoms with Crippen LogP contribution in [0.3, 0.4) is 0 Å². The van der Waals surface area contributed by atoms with E-state index in [0.717, 1.165) is 37.6 Å². The summed E-state index contributed by atoms with van der Waals surface area (Å²) < 4.78 is 49.3. The van der Waals surface area contributed by atoms with Crippen molar-refractivity contribution < 1.29 is 22.6 Å². The molecular weight excluding hydrogens is 359 g/mol. The molecule has 3 rings (SSSR count). The Hall–Kier alpha value is -2.48. The number of pyridine rings is 1. The maximum Gasteiger partial charge on any atom is 0.416 e. The molecule has 0 spiro atoms. The highest BCUT2D eigenvalue weighted by Crippen LogP contribution is 2.33. The van der Waals surface area contributed by atoms with Gasteiger partial charge in [-0.1, -0.05) is 12.1 Å². The van der Waals surface area contributed by atoms with Gasteiger partial charge in [-0.15, -0.1) is 0 Å². The fourth-order valence-electron chi connectivity index (χ4n) is 2.99. The third-order valence-electron chi connectivity index (χ3n) is 4.39. The fourth-order valence-corrected chi connectivity index (χ4v) is 2.99. The molecular formula is C19H22F3N3O2. The lowest BCUT2D eigenvalue weighted by Crippen LogP contribution is -2.49. The van der Waals surface area contributed by atoms with Gasteiger partial charge in [0.1, 0.15) is 18.2 Å². The molecule has 0 saturated carbocycles. The molecule has 2 aromatic rings. The lowest BCUT2D eigenvalue weighted by Gasteiger charge is -2.32. The lowest BCUT2D eigenvalue weighted by molar-refractivity contribution is -0.137. The van der Waals surface area contributed by atoms with Gasteiger partial charge in [-0.05, 0) is 25.1 Å². The largest absolute Gasteiger partial charge is 0.496 e. The van der Waals surface area contributed by atoms with E-state index in [1.807, 2.05) is 12.1 Å². The van der Waals surface area contributed by atoms with E-state index in [1.54, 1.807) is 6.07 Å². The maximum atomic E-state index is 12.8. The van der Waals surface area contributed by atoms with Crippen molar-refractivity contribution in [1.29, 1.82) is 0 Å². The molecule has 1 atom stereocenters. The predicted molar refractivity (Wildman–Crippen MR) is 96.2 cm³/mol. The Morgan fingerprint density at radius 1 is 1.26 bits per heavy atom. The number of alkyl halides is 3. The summed E-state index contributed by atoms with van der Waals surface area (Å²) in [6.45, 7) is 4.77. The summed E-state index contributed by atoms with van der Waals surface area (Å²) in [5, 5.41) is 3.38. The number of ether oxygens (including phenoxy) is 2. The van der Waals surface area contributed by atoms with Crippen molar-refractivity contribution in [1.82, 2.24) is 10.3 Å². The predicted octanol–water partition coefficient (Wildman–Crippen LogP) is 3.49.